The molecule has 0 N–H and O–H groups in total. The molecule has 0 aliphatic carbocycles. The van der Waals surface area contributed by atoms with E-state index in [1.807, 2.05) is 54.6 Å². The predicted octanol–water partition coefficient (Wildman–Crippen LogP) is 6.70. The Morgan fingerprint density at radius 1 is 0.821 bits per heavy atom. The largest absolute Gasteiger partial charge is 0.278 e. The van der Waals surface area contributed by atoms with Gasteiger partial charge in [0.05, 0.1) is 16.8 Å². The quantitative estimate of drug-likeness (QED) is 0.365. The zero-order valence-electron chi connectivity index (χ0n) is 14.5. The molecule has 1 aromatic heterocycles. The standard InChI is InChI=1S/C22H14Cl2N2OS/c23-17-8-6-15(7-9-17)21-20(28-19-12-10-18(24)11-13-19)14-25-26(21)22(27)16-4-2-1-3-5-16/h1-14H. The van der Waals surface area contributed by atoms with Crippen molar-refractivity contribution in [3.63, 3.8) is 0 Å². The van der Waals surface area contributed by atoms with Crippen molar-refractivity contribution in [3.05, 3.63) is 101 Å². The number of aromatic nitrogens is 2. The fraction of sp³-hybridized carbons (Fsp3) is 0. The molecule has 0 radical (unpaired) electrons. The van der Waals surface area contributed by atoms with Crippen LogP contribution in [0.3, 0.4) is 0 Å². The molecule has 0 unspecified atom stereocenters. The predicted molar refractivity (Wildman–Crippen MR) is 114 cm³/mol. The number of hydrogen-bond donors (Lipinski definition) is 0. The Kier molecular flexibility index (Phi) is 5.53. The second-order valence-electron chi connectivity index (χ2n) is 6.00. The first-order valence-corrected chi connectivity index (χ1v) is 10.1. The van der Waals surface area contributed by atoms with Gasteiger partial charge in [-0.25, -0.2) is 0 Å². The molecule has 0 saturated heterocycles. The summed E-state index contributed by atoms with van der Waals surface area (Å²) < 4.78 is 1.44. The molecule has 0 fully saturated rings. The minimum atomic E-state index is -0.187. The van der Waals surface area contributed by atoms with Gasteiger partial charge in [0.25, 0.3) is 5.91 Å². The molecular formula is C22H14Cl2N2OS. The van der Waals surface area contributed by atoms with E-state index in [0.29, 0.717) is 15.6 Å². The third-order valence-electron chi connectivity index (χ3n) is 4.11. The van der Waals surface area contributed by atoms with Crippen LogP contribution < -0.4 is 0 Å². The Bertz CT molecular complexity index is 1110. The first-order chi connectivity index (χ1) is 13.6. The summed E-state index contributed by atoms with van der Waals surface area (Å²) in [6.45, 7) is 0. The Hall–Kier alpha value is -2.53. The van der Waals surface area contributed by atoms with Gasteiger partial charge >= 0.3 is 0 Å². The fourth-order valence-electron chi connectivity index (χ4n) is 2.77. The van der Waals surface area contributed by atoms with Gasteiger partial charge in [0.15, 0.2) is 0 Å². The third kappa shape index (κ3) is 3.99. The molecule has 4 rings (SSSR count). The third-order valence-corrected chi connectivity index (χ3v) is 5.64. The summed E-state index contributed by atoms with van der Waals surface area (Å²) in [5.41, 5.74) is 2.16. The number of rotatable bonds is 4. The number of carbonyl (C=O) groups excluding carboxylic acids is 1. The Balaban J connectivity index is 1.80. The Morgan fingerprint density at radius 2 is 1.43 bits per heavy atom. The lowest BCUT2D eigenvalue weighted by molar-refractivity contribution is 0.0947. The van der Waals surface area contributed by atoms with E-state index in [-0.39, 0.29) is 5.91 Å². The van der Waals surface area contributed by atoms with E-state index in [0.717, 1.165) is 21.0 Å². The molecule has 0 aliphatic heterocycles. The van der Waals surface area contributed by atoms with Crippen molar-refractivity contribution in [2.24, 2.45) is 0 Å². The van der Waals surface area contributed by atoms with E-state index in [1.165, 1.54) is 16.4 Å². The number of carbonyl (C=O) groups is 1. The maximum absolute atomic E-state index is 13.1. The number of nitrogens with zero attached hydrogens (tertiary/aromatic N) is 2. The molecule has 1 heterocycles. The van der Waals surface area contributed by atoms with E-state index < -0.39 is 0 Å². The van der Waals surface area contributed by atoms with Crippen molar-refractivity contribution in [3.8, 4) is 11.3 Å². The Labute approximate surface area is 176 Å². The average molecular weight is 425 g/mol. The molecule has 0 spiro atoms. The van der Waals surface area contributed by atoms with Crippen LogP contribution in [0.2, 0.25) is 10.0 Å². The van der Waals surface area contributed by atoms with Crippen LogP contribution in [0.5, 0.6) is 0 Å². The molecule has 3 aromatic carbocycles. The summed E-state index contributed by atoms with van der Waals surface area (Å²) >= 11 is 13.6. The topological polar surface area (TPSA) is 34.9 Å². The lowest BCUT2D eigenvalue weighted by atomic mass is 10.1. The smallest absolute Gasteiger partial charge is 0.267 e. The lowest BCUT2D eigenvalue weighted by Crippen LogP contribution is -2.14. The first kappa shape index (κ1) is 18.8. The van der Waals surface area contributed by atoms with Crippen molar-refractivity contribution < 1.29 is 4.79 Å². The molecule has 6 heteroatoms. The van der Waals surface area contributed by atoms with Gasteiger partial charge in [-0.3, -0.25) is 4.79 Å². The van der Waals surface area contributed by atoms with Crippen LogP contribution in [-0.2, 0) is 0 Å². The van der Waals surface area contributed by atoms with Crippen LogP contribution in [0.1, 0.15) is 10.4 Å². The number of hydrogen-bond acceptors (Lipinski definition) is 3. The zero-order valence-corrected chi connectivity index (χ0v) is 16.9. The maximum Gasteiger partial charge on any atom is 0.278 e. The highest BCUT2D eigenvalue weighted by atomic mass is 35.5. The van der Waals surface area contributed by atoms with E-state index in [2.05, 4.69) is 5.10 Å². The SMILES string of the molecule is O=C(c1ccccc1)n1ncc(Sc2ccc(Cl)cc2)c1-c1ccc(Cl)cc1. The van der Waals surface area contributed by atoms with Gasteiger partial charge in [0.2, 0.25) is 0 Å². The highest BCUT2D eigenvalue weighted by Gasteiger charge is 2.20. The molecule has 0 saturated carbocycles. The highest BCUT2D eigenvalue weighted by Crippen LogP contribution is 2.37. The van der Waals surface area contributed by atoms with Gasteiger partial charge in [-0.1, -0.05) is 65.3 Å². The van der Waals surface area contributed by atoms with Crippen molar-refractivity contribution >= 4 is 40.9 Å². The molecule has 0 amide bonds. The van der Waals surface area contributed by atoms with Crippen LogP contribution in [0.15, 0.2) is 94.9 Å². The van der Waals surface area contributed by atoms with Gasteiger partial charge < -0.3 is 0 Å². The monoisotopic (exact) mass is 424 g/mol. The fourth-order valence-corrected chi connectivity index (χ4v) is 3.95. The minimum absolute atomic E-state index is 0.187. The summed E-state index contributed by atoms with van der Waals surface area (Å²) in [6, 6.07) is 24.0. The summed E-state index contributed by atoms with van der Waals surface area (Å²) in [5.74, 6) is -0.187. The number of benzene rings is 3. The van der Waals surface area contributed by atoms with E-state index in [4.69, 9.17) is 23.2 Å². The van der Waals surface area contributed by atoms with E-state index in [1.54, 1.807) is 30.5 Å². The van der Waals surface area contributed by atoms with Crippen molar-refractivity contribution in [2.75, 3.05) is 0 Å². The number of halogens is 2. The first-order valence-electron chi connectivity index (χ1n) is 8.49. The van der Waals surface area contributed by atoms with Crippen LogP contribution in [0, 0.1) is 0 Å². The van der Waals surface area contributed by atoms with Gasteiger partial charge in [0.1, 0.15) is 0 Å². The Morgan fingerprint density at radius 3 is 2.07 bits per heavy atom. The average Bonchev–Trinajstić information content (AvgIpc) is 3.14. The lowest BCUT2D eigenvalue weighted by Gasteiger charge is -2.09. The van der Waals surface area contributed by atoms with Gasteiger partial charge in [-0.15, -0.1) is 0 Å². The molecule has 138 valence electrons. The van der Waals surface area contributed by atoms with Crippen LogP contribution in [-0.4, -0.2) is 15.7 Å². The van der Waals surface area contributed by atoms with Gasteiger partial charge in [-0.05, 0) is 48.5 Å². The minimum Gasteiger partial charge on any atom is -0.267 e. The normalized spacial score (nSPS) is 10.8. The van der Waals surface area contributed by atoms with Crippen molar-refractivity contribution in [1.29, 1.82) is 0 Å². The highest BCUT2D eigenvalue weighted by molar-refractivity contribution is 7.99. The van der Waals surface area contributed by atoms with Crippen LogP contribution >= 0.6 is 35.0 Å². The summed E-state index contributed by atoms with van der Waals surface area (Å²) in [6.07, 6.45) is 1.71. The van der Waals surface area contributed by atoms with Crippen molar-refractivity contribution in [2.45, 2.75) is 9.79 Å². The van der Waals surface area contributed by atoms with Crippen LogP contribution in [0.4, 0.5) is 0 Å². The summed E-state index contributed by atoms with van der Waals surface area (Å²) in [4.78, 5) is 14.9. The molecule has 28 heavy (non-hydrogen) atoms. The molecule has 0 atom stereocenters. The van der Waals surface area contributed by atoms with E-state index >= 15 is 0 Å². The maximum atomic E-state index is 13.1. The van der Waals surface area contributed by atoms with Crippen LogP contribution in [0.25, 0.3) is 11.3 Å². The van der Waals surface area contributed by atoms with E-state index in [9.17, 15) is 4.79 Å². The molecular weight excluding hydrogens is 411 g/mol. The van der Waals surface area contributed by atoms with Gasteiger partial charge in [-0.2, -0.15) is 9.78 Å². The molecule has 0 bridgehead atoms. The second kappa shape index (κ2) is 8.23. The molecule has 3 nitrogen and oxygen atoms in total. The van der Waals surface area contributed by atoms with Crippen molar-refractivity contribution in [1.82, 2.24) is 9.78 Å². The molecule has 4 aromatic rings. The van der Waals surface area contributed by atoms with Gasteiger partial charge in [0, 0.05) is 26.1 Å². The summed E-state index contributed by atoms with van der Waals surface area (Å²) in [7, 11) is 0. The molecule has 0 aliphatic rings. The second-order valence-corrected chi connectivity index (χ2v) is 7.99. The zero-order chi connectivity index (χ0) is 19.5. The summed E-state index contributed by atoms with van der Waals surface area (Å²) in [5, 5.41) is 5.71.